The zero-order valence-corrected chi connectivity index (χ0v) is 23.5. The Hall–Kier alpha value is -4.09. The SMILES string of the molecule is Cc1cnc(Nc2cc(C(=O)NC3CCNCC3)nc3ccccc23)nc1Nc1ccccc1S(=O)(=O)C(C)C. The third-order valence-corrected chi connectivity index (χ3v) is 9.12. The molecule has 0 unspecified atom stereocenters. The van der Waals surface area contributed by atoms with E-state index in [-0.39, 0.29) is 16.8 Å². The van der Waals surface area contributed by atoms with E-state index in [1.807, 2.05) is 31.2 Å². The number of amides is 1. The second-order valence-electron chi connectivity index (χ2n) is 10.1. The minimum Gasteiger partial charge on any atom is -0.348 e. The molecule has 208 valence electrons. The molecule has 4 aromatic rings. The number of rotatable bonds is 8. The summed E-state index contributed by atoms with van der Waals surface area (Å²) in [5, 5.41) is 13.1. The van der Waals surface area contributed by atoms with Crippen LogP contribution in [0.5, 0.6) is 0 Å². The number of nitrogens with zero attached hydrogens (tertiary/aromatic N) is 3. The second kappa shape index (κ2) is 11.6. The maximum Gasteiger partial charge on any atom is 0.270 e. The van der Waals surface area contributed by atoms with E-state index in [1.54, 1.807) is 50.4 Å². The number of anilines is 4. The van der Waals surface area contributed by atoms with Gasteiger partial charge in [0.25, 0.3) is 5.91 Å². The highest BCUT2D eigenvalue weighted by atomic mass is 32.2. The van der Waals surface area contributed by atoms with Crippen molar-refractivity contribution >= 4 is 49.8 Å². The fourth-order valence-corrected chi connectivity index (χ4v) is 5.77. The molecule has 1 saturated heterocycles. The lowest BCUT2D eigenvalue weighted by molar-refractivity contribution is 0.0925. The third-order valence-electron chi connectivity index (χ3n) is 6.91. The fourth-order valence-electron chi connectivity index (χ4n) is 4.57. The lowest BCUT2D eigenvalue weighted by Crippen LogP contribution is -2.42. The van der Waals surface area contributed by atoms with Crippen LogP contribution in [-0.4, -0.2) is 53.7 Å². The van der Waals surface area contributed by atoms with Crippen LogP contribution in [0.3, 0.4) is 0 Å². The minimum atomic E-state index is -3.52. The van der Waals surface area contributed by atoms with Crippen LogP contribution in [0.25, 0.3) is 10.9 Å². The smallest absolute Gasteiger partial charge is 0.270 e. The van der Waals surface area contributed by atoms with Gasteiger partial charge in [-0.3, -0.25) is 4.79 Å². The number of piperidine rings is 1. The minimum absolute atomic E-state index is 0.106. The van der Waals surface area contributed by atoms with Gasteiger partial charge < -0.3 is 21.3 Å². The summed E-state index contributed by atoms with van der Waals surface area (Å²) in [7, 11) is -3.52. The molecule has 2 aromatic carbocycles. The summed E-state index contributed by atoms with van der Waals surface area (Å²) in [6, 6.07) is 16.1. The highest BCUT2D eigenvalue weighted by molar-refractivity contribution is 7.92. The Labute approximate surface area is 234 Å². The predicted octanol–water partition coefficient (Wildman–Crippen LogP) is 4.48. The van der Waals surface area contributed by atoms with Crippen molar-refractivity contribution in [3.05, 3.63) is 72.1 Å². The van der Waals surface area contributed by atoms with Crippen molar-refractivity contribution in [1.29, 1.82) is 0 Å². The van der Waals surface area contributed by atoms with Gasteiger partial charge in [-0.15, -0.1) is 0 Å². The molecular weight excluding hydrogens is 526 g/mol. The number of aryl methyl sites for hydroxylation is 1. The Bertz CT molecular complexity index is 1650. The van der Waals surface area contributed by atoms with Gasteiger partial charge in [0.1, 0.15) is 11.5 Å². The molecule has 0 atom stereocenters. The first-order chi connectivity index (χ1) is 19.2. The van der Waals surface area contributed by atoms with Crippen molar-refractivity contribution in [3.8, 4) is 0 Å². The lowest BCUT2D eigenvalue weighted by Gasteiger charge is -2.23. The van der Waals surface area contributed by atoms with Crippen molar-refractivity contribution in [1.82, 2.24) is 25.6 Å². The third kappa shape index (κ3) is 5.90. The monoisotopic (exact) mass is 559 g/mol. The summed E-state index contributed by atoms with van der Waals surface area (Å²) in [4.78, 5) is 27.0. The molecule has 40 heavy (non-hydrogen) atoms. The van der Waals surface area contributed by atoms with Gasteiger partial charge in [0, 0.05) is 23.2 Å². The van der Waals surface area contributed by atoms with Crippen LogP contribution in [0.15, 0.2) is 65.7 Å². The molecule has 1 amide bonds. The van der Waals surface area contributed by atoms with Gasteiger partial charge in [-0.1, -0.05) is 30.3 Å². The van der Waals surface area contributed by atoms with Crippen LogP contribution in [0.4, 0.5) is 23.1 Å². The van der Waals surface area contributed by atoms with Crippen molar-refractivity contribution in [3.63, 3.8) is 0 Å². The first kappa shape index (κ1) is 27.5. The molecule has 1 fully saturated rings. The molecule has 3 heterocycles. The number of carbonyl (C=O) groups is 1. The Balaban J connectivity index is 1.46. The van der Waals surface area contributed by atoms with E-state index < -0.39 is 15.1 Å². The number of sulfone groups is 1. The molecule has 0 saturated carbocycles. The Morgan fingerprint density at radius 2 is 1.70 bits per heavy atom. The highest BCUT2D eigenvalue weighted by Gasteiger charge is 2.23. The molecule has 10 nitrogen and oxygen atoms in total. The molecule has 5 rings (SSSR count). The highest BCUT2D eigenvalue weighted by Crippen LogP contribution is 2.30. The van der Waals surface area contributed by atoms with E-state index in [0.29, 0.717) is 34.4 Å². The predicted molar refractivity (Wildman–Crippen MR) is 157 cm³/mol. The van der Waals surface area contributed by atoms with E-state index in [0.717, 1.165) is 36.9 Å². The first-order valence-electron chi connectivity index (χ1n) is 13.3. The molecule has 4 N–H and O–H groups in total. The Morgan fingerprint density at radius 3 is 2.48 bits per heavy atom. The number of pyridine rings is 1. The summed E-state index contributed by atoms with van der Waals surface area (Å²) < 4.78 is 25.9. The van der Waals surface area contributed by atoms with E-state index in [9.17, 15) is 13.2 Å². The number of fused-ring (bicyclic) bond motifs is 1. The number of benzene rings is 2. The van der Waals surface area contributed by atoms with E-state index in [2.05, 4.69) is 36.2 Å². The van der Waals surface area contributed by atoms with Crippen LogP contribution in [0.1, 0.15) is 42.7 Å². The summed E-state index contributed by atoms with van der Waals surface area (Å²) >= 11 is 0. The Kier molecular flexibility index (Phi) is 7.95. The lowest BCUT2D eigenvalue weighted by atomic mass is 10.1. The number of para-hydroxylation sites is 2. The normalized spacial score (nSPS) is 14.3. The van der Waals surface area contributed by atoms with Gasteiger partial charge in [-0.25, -0.2) is 18.4 Å². The summed E-state index contributed by atoms with van der Waals surface area (Å²) in [6.45, 7) is 6.90. The zero-order valence-electron chi connectivity index (χ0n) is 22.7. The largest absolute Gasteiger partial charge is 0.348 e. The molecule has 2 aromatic heterocycles. The average Bonchev–Trinajstić information content (AvgIpc) is 2.95. The van der Waals surface area contributed by atoms with Gasteiger partial charge in [0.05, 0.1) is 27.0 Å². The number of hydrogen-bond donors (Lipinski definition) is 4. The van der Waals surface area contributed by atoms with Gasteiger partial charge in [0.15, 0.2) is 9.84 Å². The van der Waals surface area contributed by atoms with Gasteiger partial charge in [0.2, 0.25) is 5.95 Å². The van der Waals surface area contributed by atoms with E-state index in [4.69, 9.17) is 0 Å². The quantitative estimate of drug-likeness (QED) is 0.246. The molecule has 1 aliphatic rings. The van der Waals surface area contributed by atoms with E-state index in [1.165, 1.54) is 0 Å². The molecule has 0 aliphatic carbocycles. The van der Waals surface area contributed by atoms with Gasteiger partial charge in [-0.05, 0) is 71.0 Å². The number of aromatic nitrogens is 3. The van der Waals surface area contributed by atoms with Gasteiger partial charge >= 0.3 is 0 Å². The standard InChI is InChI=1S/C29H33N7O3S/c1-18(2)40(38,39)26-11-7-6-10-23(26)34-27-19(3)17-31-29(36-27)35-24-16-25(33-22-9-5-4-8-21(22)24)28(37)32-20-12-14-30-15-13-20/h4-11,16-18,20,30H,12-15H2,1-3H3,(H,32,37)(H2,31,33,34,35,36). The van der Waals surface area contributed by atoms with Crippen LogP contribution < -0.4 is 21.3 Å². The zero-order chi connectivity index (χ0) is 28.3. The average molecular weight is 560 g/mol. The van der Waals surface area contributed by atoms with Crippen LogP contribution in [0.2, 0.25) is 0 Å². The number of nitrogens with one attached hydrogen (secondary N) is 4. The van der Waals surface area contributed by atoms with Crippen molar-refractivity contribution in [2.24, 2.45) is 0 Å². The topological polar surface area (TPSA) is 138 Å². The van der Waals surface area contributed by atoms with Crippen molar-refractivity contribution in [2.75, 3.05) is 23.7 Å². The maximum atomic E-state index is 13.1. The van der Waals surface area contributed by atoms with Crippen molar-refractivity contribution in [2.45, 2.75) is 49.8 Å². The molecule has 11 heteroatoms. The van der Waals surface area contributed by atoms with Gasteiger partial charge in [-0.2, -0.15) is 4.98 Å². The van der Waals surface area contributed by atoms with E-state index >= 15 is 0 Å². The first-order valence-corrected chi connectivity index (χ1v) is 14.9. The summed E-state index contributed by atoms with van der Waals surface area (Å²) in [5.74, 6) is 0.528. The van der Waals surface area contributed by atoms with Crippen LogP contribution in [0, 0.1) is 6.92 Å². The molecule has 0 bridgehead atoms. The number of carbonyl (C=O) groups excluding carboxylic acids is 1. The molecule has 0 radical (unpaired) electrons. The van der Waals surface area contributed by atoms with Crippen LogP contribution in [-0.2, 0) is 9.84 Å². The second-order valence-corrected chi connectivity index (χ2v) is 12.6. The number of hydrogen-bond acceptors (Lipinski definition) is 9. The van der Waals surface area contributed by atoms with Crippen molar-refractivity contribution < 1.29 is 13.2 Å². The summed E-state index contributed by atoms with van der Waals surface area (Å²) in [6.07, 6.45) is 3.41. The Morgan fingerprint density at radius 1 is 0.975 bits per heavy atom. The molecular formula is C29H33N7O3S. The molecule has 0 spiro atoms. The maximum absolute atomic E-state index is 13.1. The summed E-state index contributed by atoms with van der Waals surface area (Å²) in [5.41, 5.74) is 2.79. The molecule has 1 aliphatic heterocycles. The van der Waals surface area contributed by atoms with Crippen LogP contribution >= 0.6 is 0 Å². The fraction of sp³-hybridized carbons (Fsp3) is 0.310.